The van der Waals surface area contributed by atoms with Gasteiger partial charge in [-0.05, 0) is 36.4 Å². The Kier molecular flexibility index (Phi) is 6.28. The molecule has 0 heterocycles. The molecule has 0 bridgehead atoms. The minimum absolute atomic E-state index is 0.199. The molecule has 8 heteroatoms. The first-order chi connectivity index (χ1) is 11.4. The highest BCUT2D eigenvalue weighted by molar-refractivity contribution is 6.42. The van der Waals surface area contributed by atoms with Crippen LogP contribution in [-0.4, -0.2) is 30.2 Å². The third kappa shape index (κ3) is 5.64. The fourth-order valence-electron chi connectivity index (χ4n) is 1.69. The molecule has 0 radical (unpaired) electrons. The number of carboxylic acid groups (broad SMARTS) is 1. The monoisotopic (exact) mass is 369 g/mol. The van der Waals surface area contributed by atoms with Crippen molar-refractivity contribution in [3.05, 3.63) is 52.5 Å². The molecule has 2 aromatic carbocycles. The summed E-state index contributed by atoms with van der Waals surface area (Å²) in [6, 6.07) is 11.0. The van der Waals surface area contributed by atoms with Crippen molar-refractivity contribution in [2.75, 3.05) is 18.5 Å². The third-order valence-corrected chi connectivity index (χ3v) is 3.50. The van der Waals surface area contributed by atoms with Crippen molar-refractivity contribution in [1.82, 2.24) is 0 Å². The van der Waals surface area contributed by atoms with Crippen molar-refractivity contribution >= 4 is 40.8 Å². The van der Waals surface area contributed by atoms with Crippen molar-refractivity contribution in [3.63, 3.8) is 0 Å². The first-order valence-corrected chi connectivity index (χ1v) is 7.52. The Hall–Kier alpha value is -2.44. The number of aliphatic carboxylic acids is 1. The van der Waals surface area contributed by atoms with Crippen LogP contribution in [0.1, 0.15) is 0 Å². The molecule has 0 spiro atoms. The van der Waals surface area contributed by atoms with Gasteiger partial charge in [-0.2, -0.15) is 0 Å². The summed E-state index contributed by atoms with van der Waals surface area (Å²) in [5, 5.41) is 11.9. The maximum atomic E-state index is 11.8. The zero-order valence-corrected chi connectivity index (χ0v) is 13.8. The molecule has 0 aliphatic rings. The maximum Gasteiger partial charge on any atom is 0.341 e. The minimum Gasteiger partial charge on any atom is -0.484 e. The molecule has 0 unspecified atom stereocenters. The number of carbonyl (C=O) groups excluding carboxylic acids is 1. The second kappa shape index (κ2) is 8.42. The number of benzene rings is 2. The van der Waals surface area contributed by atoms with E-state index >= 15 is 0 Å². The molecular formula is C16H13Cl2NO5. The number of carbonyl (C=O) groups is 2. The summed E-state index contributed by atoms with van der Waals surface area (Å²) in [5.74, 6) is -0.605. The van der Waals surface area contributed by atoms with Crippen LogP contribution in [0.5, 0.6) is 11.5 Å². The number of hydrogen-bond donors (Lipinski definition) is 2. The number of carboxylic acids is 1. The van der Waals surface area contributed by atoms with Gasteiger partial charge in [0.15, 0.2) is 13.2 Å². The summed E-state index contributed by atoms with van der Waals surface area (Å²) in [6.45, 7) is -0.627. The molecule has 0 aliphatic carbocycles. The molecule has 6 nitrogen and oxygen atoms in total. The Balaban J connectivity index is 1.83. The number of halogens is 2. The second-order valence-corrected chi connectivity index (χ2v) is 5.43. The van der Waals surface area contributed by atoms with Crippen molar-refractivity contribution in [3.8, 4) is 11.5 Å². The summed E-state index contributed by atoms with van der Waals surface area (Å²) in [7, 11) is 0. The quantitative estimate of drug-likeness (QED) is 0.780. The zero-order chi connectivity index (χ0) is 17.5. The molecule has 2 N–H and O–H groups in total. The number of amides is 1. The van der Waals surface area contributed by atoms with E-state index in [1.54, 1.807) is 36.4 Å². The zero-order valence-electron chi connectivity index (χ0n) is 12.3. The van der Waals surface area contributed by atoms with Gasteiger partial charge in [-0.1, -0.05) is 23.2 Å². The SMILES string of the molecule is O=C(O)COc1ccc(NC(=O)COc2ccc(Cl)c(Cl)c2)cc1. The lowest BCUT2D eigenvalue weighted by Gasteiger charge is -2.09. The second-order valence-electron chi connectivity index (χ2n) is 4.62. The van der Waals surface area contributed by atoms with Crippen LogP contribution in [0.3, 0.4) is 0 Å². The third-order valence-electron chi connectivity index (χ3n) is 2.76. The van der Waals surface area contributed by atoms with E-state index in [1.165, 1.54) is 6.07 Å². The van der Waals surface area contributed by atoms with Crippen LogP contribution in [0.2, 0.25) is 10.0 Å². The van der Waals surface area contributed by atoms with Gasteiger partial charge in [-0.3, -0.25) is 4.79 Å². The summed E-state index contributed by atoms with van der Waals surface area (Å²) in [4.78, 5) is 22.2. The molecule has 24 heavy (non-hydrogen) atoms. The van der Waals surface area contributed by atoms with Gasteiger partial charge >= 0.3 is 5.97 Å². The Bertz CT molecular complexity index is 734. The lowest BCUT2D eigenvalue weighted by Crippen LogP contribution is -2.20. The standard InChI is InChI=1S/C16H13Cl2NO5/c17-13-6-5-12(7-14(13)18)23-8-15(20)19-10-1-3-11(4-2-10)24-9-16(21)22/h1-7H,8-9H2,(H,19,20)(H,21,22). The maximum absolute atomic E-state index is 11.8. The van der Waals surface area contributed by atoms with Gasteiger partial charge in [0.25, 0.3) is 5.91 Å². The van der Waals surface area contributed by atoms with Gasteiger partial charge in [-0.15, -0.1) is 0 Å². The highest BCUT2D eigenvalue weighted by Crippen LogP contribution is 2.26. The average Bonchev–Trinajstić information content (AvgIpc) is 2.55. The van der Waals surface area contributed by atoms with Crippen LogP contribution in [0.4, 0.5) is 5.69 Å². The van der Waals surface area contributed by atoms with Crippen LogP contribution in [-0.2, 0) is 9.59 Å². The molecule has 0 aromatic heterocycles. The highest BCUT2D eigenvalue weighted by atomic mass is 35.5. The normalized spacial score (nSPS) is 10.1. The lowest BCUT2D eigenvalue weighted by molar-refractivity contribution is -0.139. The van der Waals surface area contributed by atoms with Crippen molar-refractivity contribution < 1.29 is 24.2 Å². The van der Waals surface area contributed by atoms with E-state index in [0.717, 1.165) is 0 Å². The number of nitrogens with one attached hydrogen (secondary N) is 1. The van der Waals surface area contributed by atoms with Crippen LogP contribution >= 0.6 is 23.2 Å². The molecule has 1 amide bonds. The molecule has 2 rings (SSSR count). The van der Waals surface area contributed by atoms with Gasteiger partial charge < -0.3 is 19.9 Å². The molecular weight excluding hydrogens is 357 g/mol. The van der Waals surface area contributed by atoms with Crippen LogP contribution < -0.4 is 14.8 Å². The molecule has 126 valence electrons. The van der Waals surface area contributed by atoms with E-state index in [1.807, 2.05) is 0 Å². The van der Waals surface area contributed by atoms with Crippen molar-refractivity contribution in [1.29, 1.82) is 0 Å². The van der Waals surface area contributed by atoms with E-state index in [-0.39, 0.29) is 12.5 Å². The van der Waals surface area contributed by atoms with Crippen LogP contribution in [0, 0.1) is 0 Å². The number of hydrogen-bond acceptors (Lipinski definition) is 4. The fraction of sp³-hybridized carbons (Fsp3) is 0.125. The minimum atomic E-state index is -1.06. The Morgan fingerprint density at radius 3 is 2.17 bits per heavy atom. The molecule has 0 fully saturated rings. The predicted octanol–water partition coefficient (Wildman–Crippen LogP) is 3.47. The first-order valence-electron chi connectivity index (χ1n) is 6.76. The van der Waals surface area contributed by atoms with E-state index in [4.69, 9.17) is 37.8 Å². The Labute approximate surface area is 147 Å². The van der Waals surface area contributed by atoms with Crippen LogP contribution in [0.25, 0.3) is 0 Å². The van der Waals surface area contributed by atoms with E-state index < -0.39 is 12.6 Å². The average molecular weight is 370 g/mol. The highest BCUT2D eigenvalue weighted by Gasteiger charge is 2.06. The molecule has 2 aromatic rings. The summed E-state index contributed by atoms with van der Waals surface area (Å²) in [6.07, 6.45) is 0. The molecule has 0 saturated heterocycles. The van der Waals surface area contributed by atoms with Crippen molar-refractivity contribution in [2.45, 2.75) is 0 Å². The first kappa shape index (κ1) is 17.9. The van der Waals surface area contributed by atoms with Crippen LogP contribution in [0.15, 0.2) is 42.5 Å². The van der Waals surface area contributed by atoms with Gasteiger partial charge in [0, 0.05) is 11.8 Å². The summed E-state index contributed by atoms with van der Waals surface area (Å²) in [5.41, 5.74) is 0.528. The predicted molar refractivity (Wildman–Crippen MR) is 90.2 cm³/mol. The van der Waals surface area contributed by atoms with E-state index in [0.29, 0.717) is 27.2 Å². The fourth-order valence-corrected chi connectivity index (χ4v) is 1.98. The molecule has 0 atom stereocenters. The summed E-state index contributed by atoms with van der Waals surface area (Å²) < 4.78 is 10.3. The van der Waals surface area contributed by atoms with Gasteiger partial charge in [0.1, 0.15) is 11.5 Å². The largest absolute Gasteiger partial charge is 0.484 e. The smallest absolute Gasteiger partial charge is 0.341 e. The van der Waals surface area contributed by atoms with E-state index in [9.17, 15) is 9.59 Å². The lowest BCUT2D eigenvalue weighted by atomic mass is 10.3. The number of ether oxygens (including phenoxy) is 2. The van der Waals surface area contributed by atoms with Gasteiger partial charge in [0.05, 0.1) is 10.0 Å². The molecule has 0 aliphatic heterocycles. The van der Waals surface area contributed by atoms with E-state index in [2.05, 4.69) is 5.32 Å². The topological polar surface area (TPSA) is 84.9 Å². The Morgan fingerprint density at radius 2 is 1.54 bits per heavy atom. The van der Waals surface area contributed by atoms with Crippen molar-refractivity contribution in [2.24, 2.45) is 0 Å². The summed E-state index contributed by atoms with van der Waals surface area (Å²) >= 11 is 11.7. The molecule has 0 saturated carbocycles. The number of rotatable bonds is 7. The van der Waals surface area contributed by atoms with Gasteiger partial charge in [0.2, 0.25) is 0 Å². The van der Waals surface area contributed by atoms with Gasteiger partial charge in [-0.25, -0.2) is 4.79 Å². The number of anilines is 1. The Morgan fingerprint density at radius 1 is 0.917 bits per heavy atom.